The molecular weight excluding hydrogens is 307 g/mol. The third kappa shape index (κ3) is 3.51. The minimum absolute atomic E-state index is 0.0699. The Bertz CT molecular complexity index is 586. The molecule has 0 amide bonds. The molecule has 1 heterocycles. The standard InChI is InChI=1S/C12H12ClFN2O3S/c1-7-10(5-6-19-16(17)18)20-12(15-7)11-8(13)3-2-4-9(11)14/h2-4,17-18H,5-6H2,1H3. The Balaban J connectivity index is 2.23. The lowest BCUT2D eigenvalue weighted by molar-refractivity contribution is -0.492. The molecule has 0 saturated carbocycles. The Morgan fingerprint density at radius 2 is 2.20 bits per heavy atom. The lowest BCUT2D eigenvalue weighted by Gasteiger charge is -2.04. The molecule has 2 rings (SSSR count). The summed E-state index contributed by atoms with van der Waals surface area (Å²) in [6, 6.07) is 4.47. The van der Waals surface area contributed by atoms with Crippen LogP contribution in [0.5, 0.6) is 0 Å². The molecule has 0 radical (unpaired) electrons. The van der Waals surface area contributed by atoms with E-state index in [2.05, 4.69) is 9.82 Å². The Labute approximate surface area is 123 Å². The largest absolute Gasteiger partial charge is 0.266 e. The SMILES string of the molecule is Cc1nc(-c2c(F)cccc2Cl)sc1CCON(O)O. The van der Waals surface area contributed by atoms with E-state index in [0.29, 0.717) is 16.5 Å². The summed E-state index contributed by atoms with van der Waals surface area (Å²) < 4.78 is 13.8. The van der Waals surface area contributed by atoms with E-state index in [1.54, 1.807) is 13.0 Å². The molecule has 0 unspecified atom stereocenters. The first-order valence-electron chi connectivity index (χ1n) is 5.70. The maximum Gasteiger partial charge on any atom is 0.134 e. The van der Waals surface area contributed by atoms with Gasteiger partial charge in [0.2, 0.25) is 0 Å². The summed E-state index contributed by atoms with van der Waals surface area (Å²) in [5.74, 6) is -0.425. The van der Waals surface area contributed by atoms with E-state index in [-0.39, 0.29) is 17.6 Å². The van der Waals surface area contributed by atoms with Crippen LogP contribution in [0.15, 0.2) is 18.2 Å². The average Bonchev–Trinajstić information content (AvgIpc) is 2.70. The van der Waals surface area contributed by atoms with Gasteiger partial charge in [0.25, 0.3) is 0 Å². The number of aromatic nitrogens is 1. The van der Waals surface area contributed by atoms with Crippen molar-refractivity contribution in [1.82, 2.24) is 10.4 Å². The summed E-state index contributed by atoms with van der Waals surface area (Å²) in [6.07, 6.45) is 0.424. The van der Waals surface area contributed by atoms with E-state index in [0.717, 1.165) is 10.6 Å². The van der Waals surface area contributed by atoms with Crippen LogP contribution >= 0.6 is 22.9 Å². The Morgan fingerprint density at radius 3 is 2.85 bits per heavy atom. The number of rotatable bonds is 5. The first-order chi connectivity index (χ1) is 9.49. The van der Waals surface area contributed by atoms with Crippen LogP contribution in [0, 0.1) is 12.7 Å². The number of hydrogen-bond donors (Lipinski definition) is 2. The second-order valence-electron chi connectivity index (χ2n) is 3.96. The second-order valence-corrected chi connectivity index (χ2v) is 5.45. The third-order valence-electron chi connectivity index (χ3n) is 2.61. The van der Waals surface area contributed by atoms with Crippen LogP contribution in [0.1, 0.15) is 10.6 Å². The molecule has 20 heavy (non-hydrogen) atoms. The molecule has 5 nitrogen and oxygen atoms in total. The van der Waals surface area contributed by atoms with Gasteiger partial charge in [-0.05, 0) is 19.1 Å². The monoisotopic (exact) mass is 318 g/mol. The molecule has 0 bridgehead atoms. The Morgan fingerprint density at radius 1 is 1.45 bits per heavy atom. The highest BCUT2D eigenvalue weighted by Gasteiger charge is 2.16. The van der Waals surface area contributed by atoms with Crippen molar-refractivity contribution in [2.75, 3.05) is 6.61 Å². The Kier molecular flexibility index (Phi) is 5.03. The van der Waals surface area contributed by atoms with Gasteiger partial charge in [-0.25, -0.2) is 9.37 Å². The lowest BCUT2D eigenvalue weighted by Crippen LogP contribution is -2.16. The minimum atomic E-state index is -0.425. The van der Waals surface area contributed by atoms with Crippen molar-refractivity contribution >= 4 is 22.9 Å². The zero-order chi connectivity index (χ0) is 14.7. The zero-order valence-corrected chi connectivity index (χ0v) is 12.1. The lowest BCUT2D eigenvalue weighted by atomic mass is 10.2. The van der Waals surface area contributed by atoms with Crippen molar-refractivity contribution in [1.29, 1.82) is 0 Å². The van der Waals surface area contributed by atoms with Gasteiger partial charge in [-0.3, -0.25) is 15.3 Å². The molecule has 0 saturated heterocycles. The van der Waals surface area contributed by atoms with Gasteiger partial charge in [0.1, 0.15) is 10.8 Å². The quantitative estimate of drug-likeness (QED) is 0.826. The van der Waals surface area contributed by atoms with Gasteiger partial charge in [0.05, 0.1) is 28.3 Å². The molecule has 0 fully saturated rings. The van der Waals surface area contributed by atoms with Gasteiger partial charge in [0.15, 0.2) is 0 Å². The van der Waals surface area contributed by atoms with Crippen molar-refractivity contribution in [3.63, 3.8) is 0 Å². The topological polar surface area (TPSA) is 65.8 Å². The molecule has 1 aromatic carbocycles. The van der Waals surface area contributed by atoms with E-state index < -0.39 is 5.82 Å². The molecule has 0 aliphatic heterocycles. The van der Waals surface area contributed by atoms with Crippen LogP contribution in [0.3, 0.4) is 0 Å². The van der Waals surface area contributed by atoms with E-state index in [1.165, 1.54) is 23.5 Å². The van der Waals surface area contributed by atoms with Gasteiger partial charge in [0, 0.05) is 11.3 Å². The third-order valence-corrected chi connectivity index (χ3v) is 4.15. The van der Waals surface area contributed by atoms with E-state index in [4.69, 9.17) is 22.0 Å². The fraction of sp³-hybridized carbons (Fsp3) is 0.250. The van der Waals surface area contributed by atoms with Gasteiger partial charge in [-0.2, -0.15) is 0 Å². The fourth-order valence-corrected chi connectivity index (χ4v) is 3.10. The molecule has 0 aliphatic carbocycles. The average molecular weight is 319 g/mol. The number of hydrogen-bond acceptors (Lipinski definition) is 6. The second kappa shape index (κ2) is 6.57. The molecule has 2 N–H and O–H groups in total. The maximum atomic E-state index is 13.8. The summed E-state index contributed by atoms with van der Waals surface area (Å²) in [6.45, 7) is 1.86. The van der Waals surface area contributed by atoms with E-state index in [9.17, 15) is 4.39 Å². The summed E-state index contributed by atoms with van der Waals surface area (Å²) in [4.78, 5) is 9.65. The number of aryl methyl sites for hydroxylation is 1. The Hall–Kier alpha value is -1.09. The number of halogens is 2. The van der Waals surface area contributed by atoms with Crippen LogP contribution in [0.25, 0.3) is 10.6 Å². The molecular formula is C12H12ClFN2O3S. The normalized spacial score (nSPS) is 11.3. The van der Waals surface area contributed by atoms with Crippen LogP contribution in [0.2, 0.25) is 5.02 Å². The zero-order valence-electron chi connectivity index (χ0n) is 10.5. The van der Waals surface area contributed by atoms with Crippen molar-refractivity contribution < 1.29 is 19.6 Å². The maximum absolute atomic E-state index is 13.8. The predicted molar refractivity (Wildman–Crippen MR) is 72.3 cm³/mol. The minimum Gasteiger partial charge on any atom is -0.266 e. The molecule has 8 heteroatoms. The van der Waals surface area contributed by atoms with Crippen LogP contribution in [0.4, 0.5) is 4.39 Å². The molecule has 2 aromatic rings. The van der Waals surface area contributed by atoms with Crippen molar-refractivity contribution in [2.24, 2.45) is 0 Å². The smallest absolute Gasteiger partial charge is 0.134 e. The van der Waals surface area contributed by atoms with Crippen LogP contribution in [-0.2, 0) is 11.3 Å². The highest BCUT2D eigenvalue weighted by atomic mass is 35.5. The first-order valence-corrected chi connectivity index (χ1v) is 6.90. The van der Waals surface area contributed by atoms with Crippen LogP contribution in [-0.4, -0.2) is 27.4 Å². The molecule has 0 atom stereocenters. The molecule has 1 aromatic heterocycles. The molecule has 108 valence electrons. The van der Waals surface area contributed by atoms with Gasteiger partial charge >= 0.3 is 0 Å². The number of thiazole rings is 1. The summed E-state index contributed by atoms with van der Waals surface area (Å²) in [5.41, 5.74) is 1.01. The van der Waals surface area contributed by atoms with Gasteiger partial charge in [-0.1, -0.05) is 17.7 Å². The van der Waals surface area contributed by atoms with E-state index >= 15 is 0 Å². The predicted octanol–water partition coefficient (Wildman–Crippen LogP) is 3.47. The van der Waals surface area contributed by atoms with Gasteiger partial charge < -0.3 is 0 Å². The summed E-state index contributed by atoms with van der Waals surface area (Å²) in [7, 11) is 0. The first kappa shape index (κ1) is 15.3. The number of nitrogens with zero attached hydrogens (tertiary/aromatic N) is 2. The summed E-state index contributed by atoms with van der Waals surface area (Å²) >= 11 is 7.30. The van der Waals surface area contributed by atoms with Crippen LogP contribution < -0.4 is 0 Å². The molecule has 0 spiro atoms. The number of benzene rings is 1. The van der Waals surface area contributed by atoms with Crippen molar-refractivity contribution in [2.45, 2.75) is 13.3 Å². The van der Waals surface area contributed by atoms with Gasteiger partial charge in [-0.15, -0.1) is 11.3 Å². The highest BCUT2D eigenvalue weighted by molar-refractivity contribution is 7.15. The van der Waals surface area contributed by atoms with Crippen molar-refractivity contribution in [3.8, 4) is 10.6 Å². The highest BCUT2D eigenvalue weighted by Crippen LogP contribution is 2.34. The molecule has 0 aliphatic rings. The summed E-state index contributed by atoms with van der Waals surface area (Å²) in [5, 5.41) is 17.3. The fourth-order valence-electron chi connectivity index (χ4n) is 1.69. The van der Waals surface area contributed by atoms with Crippen molar-refractivity contribution in [3.05, 3.63) is 39.6 Å². The van der Waals surface area contributed by atoms with E-state index in [1.807, 2.05) is 0 Å².